The molecule has 4 amide bonds. The SMILES string of the molecule is COc1ccc(NC(=O)CNC(=O)C(=O)Nc2ccc(NC(C)=O)cc2)cc1Cl. The predicted octanol–water partition coefficient (Wildman–Crippen LogP) is 2.00. The molecule has 0 aliphatic carbocycles. The first kappa shape index (κ1) is 21.7. The van der Waals surface area contributed by atoms with Gasteiger partial charge in [0.15, 0.2) is 0 Å². The van der Waals surface area contributed by atoms with Gasteiger partial charge in [0, 0.05) is 24.0 Å². The summed E-state index contributed by atoms with van der Waals surface area (Å²) >= 11 is 5.97. The summed E-state index contributed by atoms with van der Waals surface area (Å²) in [5.41, 5.74) is 1.32. The van der Waals surface area contributed by atoms with Crippen LogP contribution in [-0.2, 0) is 19.2 Å². The second kappa shape index (κ2) is 10.1. The van der Waals surface area contributed by atoms with Gasteiger partial charge in [-0.2, -0.15) is 0 Å². The molecule has 0 fully saturated rings. The van der Waals surface area contributed by atoms with Crippen LogP contribution < -0.4 is 26.0 Å². The standard InChI is InChI=1S/C19H19ClN4O5/c1-11(25)22-12-3-5-13(6-4-12)24-19(28)18(27)21-10-17(26)23-14-7-8-16(29-2)15(20)9-14/h3-9H,10H2,1-2H3,(H,21,27)(H,22,25)(H,23,26)(H,24,28). The molecule has 2 rings (SSSR count). The maximum Gasteiger partial charge on any atom is 0.313 e. The largest absolute Gasteiger partial charge is 0.495 e. The predicted molar refractivity (Wildman–Crippen MR) is 109 cm³/mol. The van der Waals surface area contributed by atoms with Crippen LogP contribution in [0.2, 0.25) is 5.02 Å². The summed E-state index contributed by atoms with van der Waals surface area (Å²) in [6.07, 6.45) is 0. The van der Waals surface area contributed by atoms with Crippen LogP contribution in [0.15, 0.2) is 42.5 Å². The molecule has 0 unspecified atom stereocenters. The molecular weight excluding hydrogens is 400 g/mol. The van der Waals surface area contributed by atoms with Crippen molar-refractivity contribution in [2.45, 2.75) is 6.92 Å². The summed E-state index contributed by atoms with van der Waals surface area (Å²) in [7, 11) is 1.47. The van der Waals surface area contributed by atoms with Gasteiger partial charge in [0.2, 0.25) is 11.8 Å². The van der Waals surface area contributed by atoms with Gasteiger partial charge in [-0.3, -0.25) is 19.2 Å². The zero-order chi connectivity index (χ0) is 21.4. The molecule has 2 aromatic carbocycles. The van der Waals surface area contributed by atoms with E-state index in [0.717, 1.165) is 0 Å². The van der Waals surface area contributed by atoms with Gasteiger partial charge in [0.05, 0.1) is 18.7 Å². The Morgan fingerprint density at radius 2 is 1.45 bits per heavy atom. The average Bonchev–Trinajstić information content (AvgIpc) is 2.67. The van der Waals surface area contributed by atoms with Crippen LogP contribution in [0.5, 0.6) is 5.75 Å². The quantitative estimate of drug-likeness (QED) is 0.534. The number of benzene rings is 2. The van der Waals surface area contributed by atoms with Crippen LogP contribution in [-0.4, -0.2) is 37.3 Å². The number of nitrogens with one attached hydrogen (secondary N) is 4. The van der Waals surface area contributed by atoms with E-state index in [1.54, 1.807) is 24.3 Å². The third-order valence-corrected chi connectivity index (χ3v) is 3.81. The van der Waals surface area contributed by atoms with Crippen molar-refractivity contribution < 1.29 is 23.9 Å². The fraction of sp³-hybridized carbons (Fsp3) is 0.158. The highest BCUT2D eigenvalue weighted by molar-refractivity contribution is 6.40. The van der Waals surface area contributed by atoms with Gasteiger partial charge >= 0.3 is 11.8 Å². The highest BCUT2D eigenvalue weighted by Gasteiger charge is 2.15. The van der Waals surface area contributed by atoms with E-state index in [9.17, 15) is 19.2 Å². The monoisotopic (exact) mass is 418 g/mol. The first-order chi connectivity index (χ1) is 13.8. The number of hydrogen-bond donors (Lipinski definition) is 4. The Bertz CT molecular complexity index is 931. The molecule has 2 aromatic rings. The lowest BCUT2D eigenvalue weighted by Gasteiger charge is -2.09. The molecule has 152 valence electrons. The van der Waals surface area contributed by atoms with Crippen molar-refractivity contribution in [3.63, 3.8) is 0 Å². The molecule has 0 spiro atoms. The molecule has 9 nitrogen and oxygen atoms in total. The number of halogens is 1. The lowest BCUT2D eigenvalue weighted by molar-refractivity contribution is -0.136. The minimum atomic E-state index is -0.973. The first-order valence-electron chi connectivity index (χ1n) is 8.38. The molecule has 0 aliphatic heterocycles. The van der Waals surface area contributed by atoms with Gasteiger partial charge in [-0.1, -0.05) is 11.6 Å². The number of anilines is 3. The van der Waals surface area contributed by atoms with E-state index < -0.39 is 24.3 Å². The highest BCUT2D eigenvalue weighted by atomic mass is 35.5. The Morgan fingerprint density at radius 3 is 2.00 bits per heavy atom. The molecule has 29 heavy (non-hydrogen) atoms. The zero-order valence-corrected chi connectivity index (χ0v) is 16.4. The van der Waals surface area contributed by atoms with E-state index in [0.29, 0.717) is 27.8 Å². The maximum absolute atomic E-state index is 11.9. The third kappa shape index (κ3) is 6.82. The van der Waals surface area contributed by atoms with Crippen LogP contribution in [0.25, 0.3) is 0 Å². The lowest BCUT2D eigenvalue weighted by Crippen LogP contribution is -2.39. The molecule has 0 aliphatic rings. The Kier molecular flexibility index (Phi) is 7.55. The van der Waals surface area contributed by atoms with E-state index in [2.05, 4.69) is 21.3 Å². The highest BCUT2D eigenvalue weighted by Crippen LogP contribution is 2.27. The minimum Gasteiger partial charge on any atom is -0.495 e. The Morgan fingerprint density at radius 1 is 0.862 bits per heavy atom. The smallest absolute Gasteiger partial charge is 0.313 e. The topological polar surface area (TPSA) is 126 Å². The van der Waals surface area contributed by atoms with Crippen LogP contribution >= 0.6 is 11.6 Å². The summed E-state index contributed by atoms with van der Waals surface area (Å²) in [6, 6.07) is 10.9. The second-order valence-electron chi connectivity index (χ2n) is 5.79. The zero-order valence-electron chi connectivity index (χ0n) is 15.7. The Balaban J connectivity index is 1.81. The van der Waals surface area contributed by atoms with E-state index in [-0.39, 0.29) is 5.91 Å². The van der Waals surface area contributed by atoms with Crippen molar-refractivity contribution in [1.29, 1.82) is 0 Å². The van der Waals surface area contributed by atoms with Crippen molar-refractivity contribution in [3.05, 3.63) is 47.5 Å². The van der Waals surface area contributed by atoms with Gasteiger partial charge in [-0.15, -0.1) is 0 Å². The maximum atomic E-state index is 11.9. The summed E-state index contributed by atoms with van der Waals surface area (Å²) in [4.78, 5) is 46.7. The number of carbonyl (C=O) groups is 4. The number of rotatable bonds is 6. The summed E-state index contributed by atoms with van der Waals surface area (Å²) < 4.78 is 5.02. The Labute approximate surface area is 171 Å². The lowest BCUT2D eigenvalue weighted by atomic mass is 10.2. The minimum absolute atomic E-state index is 0.226. The normalized spacial score (nSPS) is 9.90. The number of methoxy groups -OCH3 is 1. The van der Waals surface area contributed by atoms with Gasteiger partial charge in [0.1, 0.15) is 5.75 Å². The molecule has 0 bridgehead atoms. The van der Waals surface area contributed by atoms with Gasteiger partial charge in [-0.05, 0) is 42.5 Å². The second-order valence-corrected chi connectivity index (χ2v) is 6.20. The van der Waals surface area contributed by atoms with Crippen LogP contribution in [0.1, 0.15) is 6.92 Å². The van der Waals surface area contributed by atoms with Crippen molar-refractivity contribution in [3.8, 4) is 5.75 Å². The van der Waals surface area contributed by atoms with Crippen molar-refractivity contribution in [2.75, 3.05) is 29.6 Å². The van der Waals surface area contributed by atoms with Crippen LogP contribution in [0.3, 0.4) is 0 Å². The van der Waals surface area contributed by atoms with Crippen molar-refractivity contribution in [1.82, 2.24) is 5.32 Å². The molecular formula is C19H19ClN4O5. The van der Waals surface area contributed by atoms with Crippen LogP contribution in [0, 0.1) is 0 Å². The van der Waals surface area contributed by atoms with E-state index in [1.165, 1.54) is 32.2 Å². The fourth-order valence-corrected chi connectivity index (χ4v) is 2.48. The molecule has 10 heteroatoms. The molecule has 0 atom stereocenters. The fourth-order valence-electron chi connectivity index (χ4n) is 2.22. The molecule has 0 aromatic heterocycles. The molecule has 0 radical (unpaired) electrons. The molecule has 0 saturated carbocycles. The van der Waals surface area contributed by atoms with Crippen molar-refractivity contribution in [2.24, 2.45) is 0 Å². The van der Waals surface area contributed by atoms with Crippen LogP contribution in [0.4, 0.5) is 17.1 Å². The summed E-state index contributed by atoms with van der Waals surface area (Å²) in [5.74, 6) is -2.21. The van der Waals surface area contributed by atoms with Gasteiger partial charge in [0.25, 0.3) is 0 Å². The molecule has 0 heterocycles. The number of ether oxygens (including phenoxy) is 1. The number of hydrogen-bond acceptors (Lipinski definition) is 5. The molecule has 4 N–H and O–H groups in total. The summed E-state index contributed by atoms with van der Waals surface area (Å²) in [6.45, 7) is 0.969. The third-order valence-electron chi connectivity index (χ3n) is 3.51. The number of carbonyl (C=O) groups excluding carboxylic acids is 4. The molecule has 0 saturated heterocycles. The van der Waals surface area contributed by atoms with Gasteiger partial charge < -0.3 is 26.0 Å². The van der Waals surface area contributed by atoms with Gasteiger partial charge in [-0.25, -0.2) is 0 Å². The van der Waals surface area contributed by atoms with E-state index in [1.807, 2.05) is 0 Å². The summed E-state index contributed by atoms with van der Waals surface area (Å²) in [5, 5.41) is 10.0. The number of amides is 4. The van der Waals surface area contributed by atoms with E-state index in [4.69, 9.17) is 16.3 Å². The first-order valence-corrected chi connectivity index (χ1v) is 8.76. The van der Waals surface area contributed by atoms with E-state index >= 15 is 0 Å². The van der Waals surface area contributed by atoms with Crippen molar-refractivity contribution >= 4 is 52.3 Å². The average molecular weight is 419 g/mol. The Hall–Kier alpha value is -3.59.